The van der Waals surface area contributed by atoms with E-state index < -0.39 is 22.0 Å². The Kier molecular flexibility index (Phi) is 4.72. The lowest BCUT2D eigenvalue weighted by atomic mass is 10.2. The number of rotatable bonds is 6. The molecule has 0 aliphatic heterocycles. The van der Waals surface area contributed by atoms with Crippen molar-refractivity contribution in [2.24, 2.45) is 0 Å². The van der Waals surface area contributed by atoms with Crippen molar-refractivity contribution in [2.45, 2.75) is 31.2 Å². The summed E-state index contributed by atoms with van der Waals surface area (Å²) in [7, 11) is -3.99. The number of carbonyl (C=O) groups is 1. The van der Waals surface area contributed by atoms with Gasteiger partial charge in [-0.1, -0.05) is 18.2 Å². The van der Waals surface area contributed by atoms with E-state index in [2.05, 4.69) is 21.5 Å². The van der Waals surface area contributed by atoms with Gasteiger partial charge < -0.3 is 5.11 Å². The van der Waals surface area contributed by atoms with Gasteiger partial charge in [0, 0.05) is 11.5 Å². The van der Waals surface area contributed by atoms with Crippen LogP contribution in [-0.2, 0) is 14.8 Å². The Labute approximate surface area is 115 Å². The van der Waals surface area contributed by atoms with E-state index in [-0.39, 0.29) is 22.0 Å². The third-order valence-corrected chi connectivity index (χ3v) is 4.24. The van der Waals surface area contributed by atoms with Crippen LogP contribution in [0.3, 0.4) is 0 Å². The molecule has 1 heterocycles. The average molecular weight is 308 g/mol. The van der Waals surface area contributed by atoms with Gasteiger partial charge in [0.25, 0.3) is 0 Å². The highest BCUT2D eigenvalue weighted by Gasteiger charge is 2.29. The summed E-state index contributed by atoms with van der Waals surface area (Å²) in [6, 6.07) is -1.37. The average Bonchev–Trinajstić information content (AvgIpc) is 2.56. The highest BCUT2D eigenvalue weighted by Crippen LogP contribution is 2.18. The van der Waals surface area contributed by atoms with E-state index in [1.54, 1.807) is 0 Å². The second kappa shape index (κ2) is 5.72. The van der Waals surface area contributed by atoms with Gasteiger partial charge in [0.05, 0.1) is 11.4 Å². The molecule has 1 aromatic rings. The number of halogens is 1. The maximum Gasteiger partial charge on any atom is 0.322 e. The van der Waals surface area contributed by atoms with Crippen LogP contribution in [0.15, 0.2) is 16.5 Å². The SMILES string of the molecule is C=C(Cl)CC(NS(=O)(=O)c1c(C)n[nH]c1C)C(=O)O. The molecule has 3 N–H and O–H groups in total. The lowest BCUT2D eigenvalue weighted by Gasteiger charge is -2.14. The van der Waals surface area contributed by atoms with Crippen LogP contribution < -0.4 is 4.72 Å². The molecule has 0 aromatic carbocycles. The molecule has 19 heavy (non-hydrogen) atoms. The number of aromatic amines is 1. The first-order valence-electron chi connectivity index (χ1n) is 5.25. The molecule has 0 saturated heterocycles. The highest BCUT2D eigenvalue weighted by molar-refractivity contribution is 7.89. The fraction of sp³-hybridized carbons (Fsp3) is 0.400. The van der Waals surface area contributed by atoms with Crippen LogP contribution in [0.1, 0.15) is 17.8 Å². The number of nitrogens with zero attached hydrogens (tertiary/aromatic N) is 1. The molecule has 106 valence electrons. The van der Waals surface area contributed by atoms with Crippen LogP contribution in [0.5, 0.6) is 0 Å². The van der Waals surface area contributed by atoms with Crippen molar-refractivity contribution >= 4 is 27.6 Å². The normalized spacial score (nSPS) is 13.2. The van der Waals surface area contributed by atoms with Crippen molar-refractivity contribution in [3.8, 4) is 0 Å². The summed E-state index contributed by atoms with van der Waals surface area (Å²) in [6.45, 7) is 6.39. The van der Waals surface area contributed by atoms with Crippen molar-refractivity contribution in [2.75, 3.05) is 0 Å². The number of aliphatic carboxylic acids is 1. The van der Waals surface area contributed by atoms with Gasteiger partial charge in [-0.2, -0.15) is 9.82 Å². The largest absolute Gasteiger partial charge is 0.480 e. The second-order valence-corrected chi connectivity index (χ2v) is 6.18. The Morgan fingerprint density at radius 3 is 2.53 bits per heavy atom. The molecule has 1 rings (SSSR count). The van der Waals surface area contributed by atoms with Gasteiger partial charge in [0.15, 0.2) is 0 Å². The number of aromatic nitrogens is 2. The van der Waals surface area contributed by atoms with Crippen LogP contribution in [0, 0.1) is 13.8 Å². The van der Waals surface area contributed by atoms with E-state index in [0.717, 1.165) is 0 Å². The maximum atomic E-state index is 12.1. The van der Waals surface area contributed by atoms with Crippen molar-refractivity contribution in [3.63, 3.8) is 0 Å². The molecule has 0 spiro atoms. The van der Waals surface area contributed by atoms with E-state index >= 15 is 0 Å². The first-order chi connectivity index (χ1) is 8.65. The molecule has 1 aromatic heterocycles. The molecule has 0 bridgehead atoms. The number of nitrogens with one attached hydrogen (secondary N) is 2. The van der Waals surface area contributed by atoms with E-state index in [4.69, 9.17) is 16.7 Å². The lowest BCUT2D eigenvalue weighted by Crippen LogP contribution is -2.41. The monoisotopic (exact) mass is 307 g/mol. The molecule has 0 amide bonds. The van der Waals surface area contributed by atoms with Gasteiger partial charge in [-0.05, 0) is 13.8 Å². The van der Waals surface area contributed by atoms with Gasteiger partial charge in [-0.25, -0.2) is 8.42 Å². The summed E-state index contributed by atoms with van der Waals surface area (Å²) >= 11 is 5.52. The first kappa shape index (κ1) is 15.7. The fourth-order valence-electron chi connectivity index (χ4n) is 1.58. The molecule has 1 unspecified atom stereocenters. The Balaban J connectivity index is 3.08. The predicted molar refractivity (Wildman–Crippen MR) is 69.4 cm³/mol. The number of aryl methyl sites for hydroxylation is 2. The van der Waals surface area contributed by atoms with Crippen LogP contribution >= 0.6 is 11.6 Å². The zero-order valence-electron chi connectivity index (χ0n) is 10.4. The van der Waals surface area contributed by atoms with E-state index in [0.29, 0.717) is 5.69 Å². The summed E-state index contributed by atoms with van der Waals surface area (Å²) in [4.78, 5) is 10.9. The molecule has 0 fully saturated rings. The number of carboxylic acids is 1. The molecule has 0 saturated carbocycles. The van der Waals surface area contributed by atoms with E-state index in [1.165, 1.54) is 13.8 Å². The van der Waals surface area contributed by atoms with Crippen molar-refractivity contribution in [1.29, 1.82) is 0 Å². The third kappa shape index (κ3) is 3.79. The second-order valence-electron chi connectivity index (χ2n) is 4.00. The minimum absolute atomic E-state index is 0.0516. The summed E-state index contributed by atoms with van der Waals surface area (Å²) in [6.07, 6.45) is -0.202. The molecular weight excluding hydrogens is 294 g/mol. The molecule has 0 aliphatic rings. The van der Waals surface area contributed by atoms with E-state index in [9.17, 15) is 13.2 Å². The zero-order chi connectivity index (χ0) is 14.8. The molecule has 0 aliphatic carbocycles. The van der Waals surface area contributed by atoms with Gasteiger partial charge in [-0.15, -0.1) is 0 Å². The van der Waals surface area contributed by atoms with Crippen LogP contribution in [0.25, 0.3) is 0 Å². The lowest BCUT2D eigenvalue weighted by molar-refractivity contribution is -0.138. The molecule has 0 radical (unpaired) electrons. The summed E-state index contributed by atoms with van der Waals surface area (Å²) in [5.41, 5.74) is 0.595. The number of hydrogen-bond acceptors (Lipinski definition) is 4. The number of sulfonamides is 1. The molecular formula is C10H14ClN3O4S. The molecule has 9 heteroatoms. The van der Waals surface area contributed by atoms with Crippen molar-refractivity contribution in [1.82, 2.24) is 14.9 Å². The number of H-pyrrole nitrogens is 1. The predicted octanol–water partition coefficient (Wildman–Crippen LogP) is 0.901. The van der Waals surface area contributed by atoms with Crippen LogP contribution in [0.4, 0.5) is 0 Å². The van der Waals surface area contributed by atoms with Crippen LogP contribution in [0.2, 0.25) is 0 Å². The molecule has 1 atom stereocenters. The van der Waals surface area contributed by atoms with Crippen molar-refractivity contribution in [3.05, 3.63) is 23.0 Å². The van der Waals surface area contributed by atoms with Crippen molar-refractivity contribution < 1.29 is 18.3 Å². The highest BCUT2D eigenvalue weighted by atomic mass is 35.5. The molecule has 7 nitrogen and oxygen atoms in total. The quantitative estimate of drug-likeness (QED) is 0.723. The summed E-state index contributed by atoms with van der Waals surface area (Å²) in [5, 5.41) is 15.3. The Bertz CT molecular complexity index is 589. The van der Waals surface area contributed by atoms with Crippen LogP contribution in [-0.4, -0.2) is 35.7 Å². The number of carboxylic acid groups (broad SMARTS) is 1. The zero-order valence-corrected chi connectivity index (χ0v) is 12.0. The Hall–Kier alpha value is -1.38. The van der Waals surface area contributed by atoms with E-state index in [1.807, 2.05) is 0 Å². The minimum atomic E-state index is -3.99. The van der Waals surface area contributed by atoms with Gasteiger partial charge in [0.2, 0.25) is 10.0 Å². The smallest absolute Gasteiger partial charge is 0.322 e. The fourth-order valence-corrected chi connectivity index (χ4v) is 3.30. The van der Waals surface area contributed by atoms with Gasteiger partial charge >= 0.3 is 5.97 Å². The first-order valence-corrected chi connectivity index (χ1v) is 7.11. The summed E-state index contributed by atoms with van der Waals surface area (Å²) < 4.78 is 26.3. The summed E-state index contributed by atoms with van der Waals surface area (Å²) in [5.74, 6) is -1.33. The maximum absolute atomic E-state index is 12.1. The standard InChI is InChI=1S/C10H14ClN3O4S/c1-5(11)4-8(10(15)16)14-19(17,18)9-6(2)12-13-7(9)3/h8,14H,1,4H2,2-3H3,(H,12,13)(H,15,16). The topological polar surface area (TPSA) is 112 Å². The Morgan fingerprint density at radius 1 is 1.58 bits per heavy atom. The number of hydrogen-bond donors (Lipinski definition) is 3. The van der Waals surface area contributed by atoms with Gasteiger partial charge in [0.1, 0.15) is 10.9 Å². The Morgan fingerprint density at radius 2 is 2.16 bits per heavy atom. The van der Waals surface area contributed by atoms with Gasteiger partial charge in [-0.3, -0.25) is 9.89 Å². The minimum Gasteiger partial charge on any atom is -0.480 e. The third-order valence-electron chi connectivity index (χ3n) is 2.35.